The predicted octanol–water partition coefficient (Wildman–Crippen LogP) is 5.35. The van der Waals surface area contributed by atoms with E-state index in [2.05, 4.69) is 39.3 Å². The third-order valence-corrected chi connectivity index (χ3v) is 7.26. The second-order valence-electron chi connectivity index (χ2n) is 11.7. The van der Waals surface area contributed by atoms with Gasteiger partial charge in [0.05, 0.1) is 17.7 Å². The molecule has 0 radical (unpaired) electrons. The molecule has 214 valence electrons. The van der Waals surface area contributed by atoms with Crippen molar-refractivity contribution in [2.75, 3.05) is 19.7 Å². The third kappa shape index (κ3) is 6.55. The molecule has 1 saturated carbocycles. The largest absolute Gasteiger partial charge is 0.528 e. The van der Waals surface area contributed by atoms with Gasteiger partial charge in [-0.15, -0.1) is 5.06 Å². The number of benzene rings is 1. The van der Waals surface area contributed by atoms with Crippen LogP contribution in [0.3, 0.4) is 0 Å². The molecule has 1 amide bonds. The molecule has 0 unspecified atom stereocenters. The SMILES string of the molecule is CCc1ccc(OCC2CC2)c(-c2ncnc3c(C(=O)NC4CCN(OC(=O)OC(C)(C)C)CC4)c(C)[nH]c23)c1. The van der Waals surface area contributed by atoms with Gasteiger partial charge in [-0.1, -0.05) is 13.0 Å². The highest BCUT2D eigenvalue weighted by atomic mass is 16.8. The highest BCUT2D eigenvalue weighted by Gasteiger charge is 2.28. The van der Waals surface area contributed by atoms with E-state index in [0.29, 0.717) is 49.5 Å². The number of aryl methyl sites for hydroxylation is 2. The van der Waals surface area contributed by atoms with Gasteiger partial charge in [-0.25, -0.2) is 14.8 Å². The van der Waals surface area contributed by atoms with Crippen molar-refractivity contribution < 1.29 is 23.9 Å². The Morgan fingerprint density at radius 3 is 2.55 bits per heavy atom. The first-order chi connectivity index (χ1) is 19.1. The van der Waals surface area contributed by atoms with E-state index in [9.17, 15) is 9.59 Å². The number of H-pyrrole nitrogens is 1. The lowest BCUT2D eigenvalue weighted by Gasteiger charge is -2.31. The number of nitrogens with zero attached hydrogens (tertiary/aromatic N) is 3. The number of hydrogen-bond acceptors (Lipinski definition) is 8. The van der Waals surface area contributed by atoms with E-state index >= 15 is 0 Å². The fourth-order valence-electron chi connectivity index (χ4n) is 4.93. The van der Waals surface area contributed by atoms with Gasteiger partial charge in [0.25, 0.3) is 5.91 Å². The molecule has 0 atom stereocenters. The van der Waals surface area contributed by atoms with Gasteiger partial charge in [-0.3, -0.25) is 4.79 Å². The van der Waals surface area contributed by atoms with E-state index in [4.69, 9.17) is 14.3 Å². The lowest BCUT2D eigenvalue weighted by molar-refractivity contribution is -0.152. The number of amides is 1. The molecule has 2 fully saturated rings. The number of carbonyl (C=O) groups is 2. The Kier molecular flexibility index (Phi) is 7.98. The normalized spacial score (nSPS) is 16.6. The van der Waals surface area contributed by atoms with Crippen molar-refractivity contribution in [2.45, 2.75) is 78.4 Å². The Bertz CT molecular complexity index is 1380. The number of hydroxylamine groups is 2. The van der Waals surface area contributed by atoms with Crippen LogP contribution >= 0.6 is 0 Å². The van der Waals surface area contributed by atoms with Crippen LogP contribution in [0.4, 0.5) is 4.79 Å². The number of carbonyl (C=O) groups excluding carboxylic acids is 2. The molecule has 10 heteroatoms. The quantitative estimate of drug-likeness (QED) is 0.361. The zero-order valence-electron chi connectivity index (χ0n) is 24.0. The summed E-state index contributed by atoms with van der Waals surface area (Å²) in [5, 5.41) is 4.74. The smallest absolute Gasteiger partial charge is 0.493 e. The van der Waals surface area contributed by atoms with Crippen molar-refractivity contribution >= 4 is 23.1 Å². The lowest BCUT2D eigenvalue weighted by atomic mass is 10.0. The predicted molar refractivity (Wildman–Crippen MR) is 151 cm³/mol. The van der Waals surface area contributed by atoms with Crippen LogP contribution in [0.5, 0.6) is 5.75 Å². The minimum absolute atomic E-state index is 0.0553. The molecule has 5 rings (SSSR count). The van der Waals surface area contributed by atoms with Crippen LogP contribution in [0, 0.1) is 12.8 Å². The standard InChI is InChI=1S/C30H39N5O5/c1-6-19-9-10-23(38-16-20-7-8-20)22(15-19)25-27-26(32-17-31-25)24(18(2)33-27)28(36)34-21-11-13-35(14-12-21)40-29(37)39-30(3,4)5/h9-10,15,17,20-21,33H,6-8,11-14,16H2,1-5H3,(H,34,36). The van der Waals surface area contributed by atoms with Gasteiger partial charge in [-0.2, -0.15) is 0 Å². The Morgan fingerprint density at radius 1 is 1.12 bits per heavy atom. The van der Waals surface area contributed by atoms with Crippen molar-refractivity contribution in [3.8, 4) is 17.0 Å². The van der Waals surface area contributed by atoms with Gasteiger partial charge in [0.1, 0.15) is 28.9 Å². The van der Waals surface area contributed by atoms with Gasteiger partial charge in [-0.05, 0) is 83.4 Å². The molecular formula is C30H39N5O5. The maximum Gasteiger partial charge on any atom is 0.528 e. The fourth-order valence-corrected chi connectivity index (χ4v) is 4.93. The van der Waals surface area contributed by atoms with Crippen LogP contribution in [0.2, 0.25) is 0 Å². The minimum Gasteiger partial charge on any atom is -0.493 e. The van der Waals surface area contributed by atoms with E-state index in [1.807, 2.05) is 13.0 Å². The number of aromatic amines is 1. The summed E-state index contributed by atoms with van der Waals surface area (Å²) in [4.78, 5) is 43.3. The molecule has 3 heterocycles. The molecule has 40 heavy (non-hydrogen) atoms. The summed E-state index contributed by atoms with van der Waals surface area (Å²) in [5.74, 6) is 1.23. The van der Waals surface area contributed by atoms with E-state index in [1.54, 1.807) is 25.8 Å². The first-order valence-corrected chi connectivity index (χ1v) is 14.2. The summed E-state index contributed by atoms with van der Waals surface area (Å²) in [6.45, 7) is 11.1. The van der Waals surface area contributed by atoms with Gasteiger partial charge in [0, 0.05) is 30.4 Å². The molecule has 1 aliphatic heterocycles. The van der Waals surface area contributed by atoms with Crippen LogP contribution in [-0.2, 0) is 16.0 Å². The zero-order valence-corrected chi connectivity index (χ0v) is 24.0. The van der Waals surface area contributed by atoms with Gasteiger partial charge >= 0.3 is 6.16 Å². The van der Waals surface area contributed by atoms with Crippen molar-refractivity contribution in [2.24, 2.45) is 5.92 Å². The molecule has 1 aliphatic carbocycles. The number of nitrogens with one attached hydrogen (secondary N) is 2. The fraction of sp³-hybridized carbons (Fsp3) is 0.533. The molecule has 2 aliphatic rings. The zero-order chi connectivity index (χ0) is 28.4. The van der Waals surface area contributed by atoms with Crippen molar-refractivity contribution in [1.82, 2.24) is 25.3 Å². The summed E-state index contributed by atoms with van der Waals surface area (Å²) in [5.41, 5.74) is 4.73. The Labute approximate surface area is 234 Å². The summed E-state index contributed by atoms with van der Waals surface area (Å²) in [6, 6.07) is 6.17. The van der Waals surface area contributed by atoms with Gasteiger partial charge < -0.3 is 24.6 Å². The first kappa shape index (κ1) is 27.9. The summed E-state index contributed by atoms with van der Waals surface area (Å²) in [6.07, 6.45) is 5.39. The number of fused-ring (bicyclic) bond motifs is 1. The molecule has 3 aromatic rings. The van der Waals surface area contributed by atoms with Gasteiger partial charge in [0.2, 0.25) is 0 Å². The van der Waals surface area contributed by atoms with E-state index < -0.39 is 11.8 Å². The van der Waals surface area contributed by atoms with Crippen LogP contribution < -0.4 is 10.1 Å². The average molecular weight is 550 g/mol. The van der Waals surface area contributed by atoms with E-state index in [0.717, 1.165) is 34.6 Å². The molecule has 1 aromatic carbocycles. The summed E-state index contributed by atoms with van der Waals surface area (Å²) >= 11 is 0. The Hall–Kier alpha value is -3.66. The molecule has 0 bridgehead atoms. The van der Waals surface area contributed by atoms with Crippen LogP contribution in [0.25, 0.3) is 22.3 Å². The van der Waals surface area contributed by atoms with E-state index in [1.165, 1.54) is 24.7 Å². The number of aromatic nitrogens is 3. The monoisotopic (exact) mass is 549 g/mol. The first-order valence-electron chi connectivity index (χ1n) is 14.2. The van der Waals surface area contributed by atoms with Crippen molar-refractivity contribution in [3.63, 3.8) is 0 Å². The van der Waals surface area contributed by atoms with Gasteiger partial charge in [0.15, 0.2) is 0 Å². The second kappa shape index (κ2) is 11.4. The Balaban J connectivity index is 1.31. The summed E-state index contributed by atoms with van der Waals surface area (Å²) in [7, 11) is 0. The highest BCUT2D eigenvalue weighted by Crippen LogP contribution is 2.37. The lowest BCUT2D eigenvalue weighted by Crippen LogP contribution is -2.45. The maximum absolute atomic E-state index is 13.5. The molecule has 1 saturated heterocycles. The molecular weight excluding hydrogens is 510 g/mol. The average Bonchev–Trinajstić information content (AvgIpc) is 3.67. The highest BCUT2D eigenvalue weighted by molar-refractivity contribution is 6.09. The summed E-state index contributed by atoms with van der Waals surface area (Å²) < 4.78 is 11.4. The number of rotatable bonds is 8. The molecule has 2 N–H and O–H groups in total. The van der Waals surface area contributed by atoms with Crippen LogP contribution in [0.15, 0.2) is 24.5 Å². The molecule has 0 spiro atoms. The van der Waals surface area contributed by atoms with Crippen molar-refractivity contribution in [3.05, 3.63) is 41.3 Å². The Morgan fingerprint density at radius 2 is 1.88 bits per heavy atom. The number of piperidine rings is 1. The third-order valence-electron chi connectivity index (χ3n) is 7.26. The van der Waals surface area contributed by atoms with Crippen molar-refractivity contribution in [1.29, 1.82) is 0 Å². The maximum atomic E-state index is 13.5. The number of ether oxygens (including phenoxy) is 2. The van der Waals surface area contributed by atoms with Crippen LogP contribution in [-0.4, -0.2) is 63.4 Å². The molecule has 10 nitrogen and oxygen atoms in total. The van der Waals surface area contributed by atoms with Crippen LogP contribution in [0.1, 0.15) is 75.0 Å². The van der Waals surface area contributed by atoms with E-state index in [-0.39, 0.29) is 11.9 Å². The minimum atomic E-state index is -0.717. The number of hydrogen-bond donors (Lipinski definition) is 2. The molecule has 2 aromatic heterocycles. The second-order valence-corrected chi connectivity index (χ2v) is 11.7. The topological polar surface area (TPSA) is 119 Å².